The van der Waals surface area contributed by atoms with Crippen LogP contribution in [0.1, 0.15) is 112 Å². The Hall–Kier alpha value is -0.340. The second-order valence-corrected chi connectivity index (χ2v) is 13.5. The van der Waals surface area contributed by atoms with Crippen LogP contribution in [0.3, 0.4) is 0 Å². The summed E-state index contributed by atoms with van der Waals surface area (Å²) in [6, 6.07) is 0. The molecule has 2 N–H and O–H groups in total. The monoisotopic (exact) mass is 430 g/mol. The summed E-state index contributed by atoms with van der Waals surface area (Å²) in [7, 11) is 0. The molecule has 4 aliphatic rings. The predicted molar refractivity (Wildman–Crippen MR) is 130 cm³/mol. The van der Waals surface area contributed by atoms with Crippen molar-refractivity contribution in [2.24, 2.45) is 46.3 Å². The first kappa shape index (κ1) is 23.8. The first-order chi connectivity index (χ1) is 14.5. The molecule has 3 fully saturated rings. The second kappa shape index (κ2) is 8.46. The predicted octanol–water partition coefficient (Wildman–Crippen LogP) is 7.14. The van der Waals surface area contributed by atoms with Crippen LogP contribution in [0.25, 0.3) is 0 Å². The van der Waals surface area contributed by atoms with Crippen molar-refractivity contribution in [3.8, 4) is 0 Å². The molecule has 0 aromatic heterocycles. The molecule has 0 aromatic rings. The molecule has 178 valence electrons. The van der Waals surface area contributed by atoms with Gasteiger partial charge in [0.15, 0.2) is 0 Å². The lowest BCUT2D eigenvalue weighted by molar-refractivity contribution is -0.0471. The Balaban J connectivity index is 1.44. The lowest BCUT2D eigenvalue weighted by Crippen LogP contribution is -2.48. The molecular weight excluding hydrogens is 380 g/mol. The largest absolute Gasteiger partial charge is 0.393 e. The Kier molecular flexibility index (Phi) is 6.50. The van der Waals surface area contributed by atoms with E-state index in [1.165, 1.54) is 44.9 Å². The number of hydrogen-bond donors (Lipinski definition) is 2. The van der Waals surface area contributed by atoms with Crippen molar-refractivity contribution < 1.29 is 10.2 Å². The molecule has 4 aliphatic carbocycles. The molecule has 0 aromatic carbocycles. The van der Waals surface area contributed by atoms with Crippen LogP contribution in [0.5, 0.6) is 0 Å². The van der Waals surface area contributed by atoms with Crippen molar-refractivity contribution in [3.05, 3.63) is 11.6 Å². The van der Waals surface area contributed by atoms with E-state index in [0.29, 0.717) is 11.3 Å². The van der Waals surface area contributed by atoms with Gasteiger partial charge in [0.1, 0.15) is 0 Å². The van der Waals surface area contributed by atoms with Gasteiger partial charge in [0.05, 0.1) is 11.7 Å². The van der Waals surface area contributed by atoms with E-state index < -0.39 is 5.60 Å². The number of aliphatic hydroxyl groups excluding tert-OH is 1. The molecule has 0 heterocycles. The fraction of sp³-hybridized carbons (Fsp3) is 0.931. The quantitative estimate of drug-likeness (QED) is 0.455. The van der Waals surface area contributed by atoms with Gasteiger partial charge in [0.25, 0.3) is 0 Å². The Bertz CT molecular complexity index is 675. The highest BCUT2D eigenvalue weighted by Crippen LogP contribution is 2.65. The van der Waals surface area contributed by atoms with Gasteiger partial charge < -0.3 is 10.2 Å². The molecule has 0 bridgehead atoms. The third-order valence-corrected chi connectivity index (χ3v) is 10.9. The molecule has 0 aliphatic heterocycles. The van der Waals surface area contributed by atoms with Crippen molar-refractivity contribution in [1.29, 1.82) is 0 Å². The maximum absolute atomic E-state index is 10.9. The molecular formula is C29H50O2. The Morgan fingerprint density at radius 1 is 1.06 bits per heavy atom. The van der Waals surface area contributed by atoms with Gasteiger partial charge in [0, 0.05) is 0 Å². The average molecular weight is 431 g/mol. The SMILES string of the molecule is CC[C@]1(O)CC[C@H]2C(=CC[C@@H]3[C@@H]2CC[C@]2(C)[C@@H]([C@H](C)CCC(O)C(C)(C)C)CC[C@@H]32)C1. The fourth-order valence-electron chi connectivity index (χ4n) is 8.70. The highest BCUT2D eigenvalue weighted by Gasteiger charge is 2.57. The minimum absolute atomic E-state index is 0.00401. The molecule has 4 rings (SSSR count). The van der Waals surface area contributed by atoms with E-state index in [-0.39, 0.29) is 11.5 Å². The third kappa shape index (κ3) is 4.30. The van der Waals surface area contributed by atoms with E-state index in [9.17, 15) is 10.2 Å². The van der Waals surface area contributed by atoms with E-state index in [1.54, 1.807) is 5.57 Å². The zero-order valence-electron chi connectivity index (χ0n) is 21.3. The van der Waals surface area contributed by atoms with Crippen molar-refractivity contribution in [2.75, 3.05) is 0 Å². The van der Waals surface area contributed by atoms with Gasteiger partial charge in [-0.1, -0.05) is 53.2 Å². The summed E-state index contributed by atoms with van der Waals surface area (Å²) >= 11 is 0. The van der Waals surface area contributed by atoms with Gasteiger partial charge in [-0.15, -0.1) is 0 Å². The van der Waals surface area contributed by atoms with Crippen molar-refractivity contribution in [3.63, 3.8) is 0 Å². The first-order valence-electron chi connectivity index (χ1n) is 13.6. The topological polar surface area (TPSA) is 40.5 Å². The first-order valence-corrected chi connectivity index (χ1v) is 13.6. The Morgan fingerprint density at radius 2 is 1.81 bits per heavy atom. The van der Waals surface area contributed by atoms with E-state index in [4.69, 9.17) is 0 Å². The van der Waals surface area contributed by atoms with Crippen molar-refractivity contribution >= 4 is 0 Å². The van der Waals surface area contributed by atoms with Gasteiger partial charge in [-0.2, -0.15) is 0 Å². The molecule has 2 heteroatoms. The maximum Gasteiger partial charge on any atom is 0.0682 e. The van der Waals surface area contributed by atoms with Gasteiger partial charge >= 0.3 is 0 Å². The smallest absolute Gasteiger partial charge is 0.0682 e. The lowest BCUT2D eigenvalue weighted by atomic mass is 9.50. The van der Waals surface area contributed by atoms with Crippen LogP contribution >= 0.6 is 0 Å². The van der Waals surface area contributed by atoms with E-state index in [0.717, 1.165) is 55.3 Å². The molecule has 1 unspecified atom stereocenters. The number of rotatable bonds is 5. The number of aliphatic hydroxyl groups is 2. The van der Waals surface area contributed by atoms with E-state index in [1.807, 2.05) is 0 Å². The Morgan fingerprint density at radius 3 is 2.48 bits per heavy atom. The Labute approximate surface area is 192 Å². The average Bonchev–Trinajstić information content (AvgIpc) is 3.08. The van der Waals surface area contributed by atoms with Crippen LogP contribution < -0.4 is 0 Å². The highest BCUT2D eigenvalue weighted by molar-refractivity contribution is 5.22. The molecule has 0 amide bonds. The zero-order chi connectivity index (χ0) is 22.6. The molecule has 9 atom stereocenters. The maximum atomic E-state index is 10.9. The van der Waals surface area contributed by atoms with Crippen LogP contribution in [0.4, 0.5) is 0 Å². The molecule has 0 radical (unpaired) electrons. The molecule has 0 spiro atoms. The fourth-order valence-corrected chi connectivity index (χ4v) is 8.70. The van der Waals surface area contributed by atoms with Gasteiger partial charge in [-0.05, 0) is 117 Å². The molecule has 31 heavy (non-hydrogen) atoms. The van der Waals surface area contributed by atoms with Crippen LogP contribution in [0.2, 0.25) is 0 Å². The summed E-state index contributed by atoms with van der Waals surface area (Å²) in [5.41, 5.74) is 1.68. The van der Waals surface area contributed by atoms with Crippen LogP contribution in [0, 0.1) is 46.3 Å². The molecule has 2 nitrogen and oxygen atoms in total. The van der Waals surface area contributed by atoms with E-state index in [2.05, 4.69) is 47.6 Å². The van der Waals surface area contributed by atoms with Crippen LogP contribution in [-0.4, -0.2) is 21.9 Å². The van der Waals surface area contributed by atoms with Crippen LogP contribution in [0.15, 0.2) is 11.6 Å². The summed E-state index contributed by atoms with van der Waals surface area (Å²) in [5.74, 6) is 4.93. The number of fused-ring (bicyclic) bond motifs is 5. The summed E-state index contributed by atoms with van der Waals surface area (Å²) in [6.07, 6.45) is 15.4. The summed E-state index contributed by atoms with van der Waals surface area (Å²) in [5, 5.41) is 21.5. The standard InChI is InChI=1S/C29H50O2/c1-7-29(31)17-15-21-20(18-29)9-10-23-22(21)14-16-28(6)24(11-12-25(23)28)19(2)8-13-26(30)27(3,4)5/h9,19,21-26,30-31H,7-8,10-18H2,1-6H3/t19-,21+,22-,23-,24-,25+,26?,28-,29+/m1/s1. The lowest BCUT2D eigenvalue weighted by Gasteiger charge is -2.55. The van der Waals surface area contributed by atoms with Gasteiger partial charge in [0.2, 0.25) is 0 Å². The summed E-state index contributed by atoms with van der Waals surface area (Å²) in [4.78, 5) is 0. The highest BCUT2D eigenvalue weighted by atomic mass is 16.3. The second-order valence-electron chi connectivity index (χ2n) is 13.5. The number of hydrogen-bond acceptors (Lipinski definition) is 2. The van der Waals surface area contributed by atoms with Crippen LogP contribution in [-0.2, 0) is 0 Å². The zero-order valence-corrected chi connectivity index (χ0v) is 21.3. The normalized spacial score (nSPS) is 44.6. The van der Waals surface area contributed by atoms with Crippen molar-refractivity contribution in [2.45, 2.75) is 124 Å². The van der Waals surface area contributed by atoms with Crippen molar-refractivity contribution in [1.82, 2.24) is 0 Å². The van der Waals surface area contributed by atoms with E-state index >= 15 is 0 Å². The molecule has 3 saturated carbocycles. The molecule has 0 saturated heterocycles. The van der Waals surface area contributed by atoms with Gasteiger partial charge in [-0.3, -0.25) is 0 Å². The summed E-state index contributed by atoms with van der Waals surface area (Å²) in [6.45, 7) is 13.7. The van der Waals surface area contributed by atoms with Gasteiger partial charge in [-0.25, -0.2) is 0 Å². The minimum atomic E-state index is -0.427. The summed E-state index contributed by atoms with van der Waals surface area (Å²) < 4.78 is 0. The third-order valence-electron chi connectivity index (χ3n) is 10.9. The number of allylic oxidation sites excluding steroid dienone is 1. The minimum Gasteiger partial charge on any atom is -0.393 e.